The molecule has 3 unspecified atom stereocenters. The Bertz CT molecular complexity index is 394. The van der Waals surface area contributed by atoms with Crippen LogP contribution < -0.4 is 10.2 Å². The van der Waals surface area contributed by atoms with Crippen molar-refractivity contribution in [2.24, 2.45) is 5.92 Å². The summed E-state index contributed by atoms with van der Waals surface area (Å²) in [5.41, 5.74) is 1.37. The molecule has 0 aromatic heterocycles. The van der Waals surface area contributed by atoms with Gasteiger partial charge in [-0.05, 0) is 53.6 Å². The molecule has 0 aliphatic carbocycles. The Balaban J connectivity index is 2.15. The van der Waals surface area contributed by atoms with Gasteiger partial charge in [0.2, 0.25) is 0 Å². The Morgan fingerprint density at radius 2 is 2.28 bits per heavy atom. The average molecular weight is 358 g/mol. The van der Waals surface area contributed by atoms with Crippen LogP contribution in [0.25, 0.3) is 0 Å². The topological polar surface area (TPSA) is 15.3 Å². The molecule has 0 amide bonds. The third kappa shape index (κ3) is 3.18. The van der Waals surface area contributed by atoms with E-state index in [1.165, 1.54) is 15.7 Å². The SMILES string of the molecule is CCC(C)C1CN(c2cccc(I)c2)C(C)CN1. The van der Waals surface area contributed by atoms with E-state index in [-0.39, 0.29) is 0 Å². The quantitative estimate of drug-likeness (QED) is 0.832. The first-order valence-corrected chi connectivity index (χ1v) is 7.95. The molecular formula is C15H23IN2. The molecule has 3 atom stereocenters. The molecule has 0 bridgehead atoms. The van der Waals surface area contributed by atoms with Gasteiger partial charge >= 0.3 is 0 Å². The van der Waals surface area contributed by atoms with Gasteiger partial charge in [0, 0.05) is 34.4 Å². The van der Waals surface area contributed by atoms with Crippen molar-refractivity contribution in [3.63, 3.8) is 0 Å². The van der Waals surface area contributed by atoms with E-state index in [1.54, 1.807) is 0 Å². The number of halogens is 1. The van der Waals surface area contributed by atoms with Gasteiger partial charge in [-0.2, -0.15) is 0 Å². The summed E-state index contributed by atoms with van der Waals surface area (Å²) in [7, 11) is 0. The zero-order valence-electron chi connectivity index (χ0n) is 11.5. The van der Waals surface area contributed by atoms with Crippen molar-refractivity contribution in [3.8, 4) is 0 Å². The predicted octanol–water partition coefficient (Wildman–Crippen LogP) is 3.50. The summed E-state index contributed by atoms with van der Waals surface area (Å²) in [5, 5.41) is 3.69. The molecule has 3 heteroatoms. The molecule has 1 aromatic rings. The van der Waals surface area contributed by atoms with Crippen LogP contribution in [0.1, 0.15) is 27.2 Å². The average Bonchev–Trinajstić information content (AvgIpc) is 2.38. The molecule has 1 aromatic carbocycles. The van der Waals surface area contributed by atoms with E-state index >= 15 is 0 Å². The summed E-state index contributed by atoms with van der Waals surface area (Å²) in [6.45, 7) is 9.14. The van der Waals surface area contributed by atoms with Gasteiger partial charge in [-0.3, -0.25) is 0 Å². The fourth-order valence-electron chi connectivity index (χ4n) is 2.57. The second-order valence-corrected chi connectivity index (χ2v) is 6.63. The van der Waals surface area contributed by atoms with E-state index in [4.69, 9.17) is 0 Å². The number of rotatable bonds is 3. The summed E-state index contributed by atoms with van der Waals surface area (Å²) in [5.74, 6) is 0.739. The molecule has 1 aliphatic heterocycles. The highest BCUT2D eigenvalue weighted by Crippen LogP contribution is 2.24. The number of hydrogen-bond donors (Lipinski definition) is 1. The van der Waals surface area contributed by atoms with E-state index in [2.05, 4.69) is 77.8 Å². The number of hydrogen-bond acceptors (Lipinski definition) is 2. The van der Waals surface area contributed by atoms with E-state index in [1.807, 2.05) is 0 Å². The number of anilines is 1. The number of piperazine rings is 1. The Hall–Kier alpha value is -0.290. The summed E-state index contributed by atoms with van der Waals surface area (Å²) < 4.78 is 1.32. The Kier molecular flexibility index (Phi) is 4.90. The van der Waals surface area contributed by atoms with E-state index in [0.29, 0.717) is 12.1 Å². The monoisotopic (exact) mass is 358 g/mol. The van der Waals surface area contributed by atoms with Crippen LogP contribution in [-0.2, 0) is 0 Å². The van der Waals surface area contributed by atoms with Crippen molar-refractivity contribution in [1.29, 1.82) is 0 Å². The fraction of sp³-hybridized carbons (Fsp3) is 0.600. The van der Waals surface area contributed by atoms with Gasteiger partial charge in [0.15, 0.2) is 0 Å². The van der Waals surface area contributed by atoms with Gasteiger partial charge in [0.1, 0.15) is 0 Å². The second-order valence-electron chi connectivity index (χ2n) is 5.38. The zero-order chi connectivity index (χ0) is 13.1. The van der Waals surface area contributed by atoms with Crippen LogP contribution in [0, 0.1) is 9.49 Å². The summed E-state index contributed by atoms with van der Waals surface area (Å²) in [6.07, 6.45) is 1.24. The van der Waals surface area contributed by atoms with Gasteiger partial charge in [-0.25, -0.2) is 0 Å². The van der Waals surface area contributed by atoms with E-state index < -0.39 is 0 Å². The molecule has 1 N–H and O–H groups in total. The first-order chi connectivity index (χ1) is 8.61. The lowest BCUT2D eigenvalue weighted by molar-refractivity contribution is 0.316. The summed E-state index contributed by atoms with van der Waals surface area (Å²) in [4.78, 5) is 2.55. The van der Waals surface area contributed by atoms with Gasteiger partial charge in [-0.1, -0.05) is 26.3 Å². The largest absolute Gasteiger partial charge is 0.366 e. The minimum Gasteiger partial charge on any atom is -0.366 e. The molecule has 1 heterocycles. The van der Waals surface area contributed by atoms with Gasteiger partial charge in [0.25, 0.3) is 0 Å². The molecule has 1 aliphatic rings. The van der Waals surface area contributed by atoms with E-state index in [0.717, 1.165) is 19.0 Å². The van der Waals surface area contributed by atoms with Crippen molar-refractivity contribution in [1.82, 2.24) is 5.32 Å². The van der Waals surface area contributed by atoms with Gasteiger partial charge in [0.05, 0.1) is 0 Å². The minimum absolute atomic E-state index is 0.573. The maximum atomic E-state index is 3.69. The highest BCUT2D eigenvalue weighted by molar-refractivity contribution is 14.1. The highest BCUT2D eigenvalue weighted by Gasteiger charge is 2.27. The standard InChI is InChI=1S/C15H23IN2/c1-4-11(2)15-10-18(12(3)9-17-15)14-7-5-6-13(16)8-14/h5-8,11-12,15,17H,4,9-10H2,1-3H3. The third-order valence-corrected chi connectivity index (χ3v) is 4.74. The first kappa shape index (κ1) is 14.1. The predicted molar refractivity (Wildman–Crippen MR) is 87.2 cm³/mol. The van der Waals surface area contributed by atoms with Crippen LogP contribution >= 0.6 is 22.6 Å². The number of nitrogens with zero attached hydrogens (tertiary/aromatic N) is 1. The maximum absolute atomic E-state index is 3.69. The summed E-state index contributed by atoms with van der Waals surface area (Å²) >= 11 is 2.39. The molecule has 1 saturated heterocycles. The smallest absolute Gasteiger partial charge is 0.0387 e. The maximum Gasteiger partial charge on any atom is 0.0387 e. The van der Waals surface area contributed by atoms with Gasteiger partial charge in [-0.15, -0.1) is 0 Å². The lowest BCUT2D eigenvalue weighted by Crippen LogP contribution is -2.57. The van der Waals surface area contributed by atoms with Crippen LogP contribution in [0.15, 0.2) is 24.3 Å². The molecule has 0 spiro atoms. The Labute approximate surface area is 124 Å². The van der Waals surface area contributed by atoms with Crippen molar-refractivity contribution in [3.05, 3.63) is 27.8 Å². The van der Waals surface area contributed by atoms with Crippen LogP contribution in [0.4, 0.5) is 5.69 Å². The molecule has 100 valence electrons. The molecular weight excluding hydrogens is 335 g/mol. The lowest BCUT2D eigenvalue weighted by atomic mass is 9.95. The third-order valence-electron chi connectivity index (χ3n) is 4.07. The van der Waals surface area contributed by atoms with Crippen LogP contribution in [-0.4, -0.2) is 25.2 Å². The molecule has 18 heavy (non-hydrogen) atoms. The van der Waals surface area contributed by atoms with Crippen molar-refractivity contribution < 1.29 is 0 Å². The van der Waals surface area contributed by atoms with Crippen molar-refractivity contribution >= 4 is 28.3 Å². The normalized spacial score (nSPS) is 26.1. The number of nitrogens with one attached hydrogen (secondary N) is 1. The highest BCUT2D eigenvalue weighted by atomic mass is 127. The summed E-state index contributed by atoms with van der Waals surface area (Å²) in [6, 6.07) is 10.0. The molecule has 0 saturated carbocycles. The Morgan fingerprint density at radius 3 is 2.94 bits per heavy atom. The second kappa shape index (κ2) is 6.24. The van der Waals surface area contributed by atoms with Crippen LogP contribution in [0.2, 0.25) is 0 Å². The molecule has 2 nitrogen and oxygen atoms in total. The molecule has 0 radical (unpaired) electrons. The first-order valence-electron chi connectivity index (χ1n) is 6.87. The van der Waals surface area contributed by atoms with E-state index in [9.17, 15) is 0 Å². The van der Waals surface area contributed by atoms with Crippen molar-refractivity contribution in [2.75, 3.05) is 18.0 Å². The molecule has 1 fully saturated rings. The van der Waals surface area contributed by atoms with Gasteiger partial charge < -0.3 is 10.2 Å². The minimum atomic E-state index is 0.573. The Morgan fingerprint density at radius 1 is 1.50 bits per heavy atom. The van der Waals surface area contributed by atoms with Crippen LogP contribution in [0.3, 0.4) is 0 Å². The molecule has 2 rings (SSSR count). The lowest BCUT2D eigenvalue weighted by Gasteiger charge is -2.42. The zero-order valence-corrected chi connectivity index (χ0v) is 13.6. The van der Waals surface area contributed by atoms with Crippen molar-refractivity contribution in [2.45, 2.75) is 39.3 Å². The fourth-order valence-corrected chi connectivity index (χ4v) is 3.10. The number of benzene rings is 1. The van der Waals surface area contributed by atoms with Crippen LogP contribution in [0.5, 0.6) is 0 Å².